The van der Waals surface area contributed by atoms with E-state index in [0.29, 0.717) is 43.9 Å². The van der Waals surface area contributed by atoms with Crippen LogP contribution in [0.1, 0.15) is 61.8 Å². The van der Waals surface area contributed by atoms with Crippen molar-refractivity contribution in [1.29, 1.82) is 0 Å². The predicted octanol–water partition coefficient (Wildman–Crippen LogP) is 8.66. The fourth-order valence-corrected chi connectivity index (χ4v) is 8.07. The molecule has 1 N–H and O–H groups in total. The smallest absolute Gasteiger partial charge is 0.191 e. The van der Waals surface area contributed by atoms with E-state index in [9.17, 15) is 9.50 Å². The topological polar surface area (TPSA) is 72.7 Å². The minimum Gasteiger partial charge on any atom is -0.382 e. The van der Waals surface area contributed by atoms with Crippen LogP contribution >= 0.6 is 34.5 Å². The standard InChI is InChI=1S/C29H26Cl2FN3O3S/c1-14(2)27-19(25(35-38-27)24-20(30)5-4-6-21(24)31)13-37-18-9-15-7-8-16(10-18)29(15,36)28-34-26-22(32)11-17(33-3)12-23(26)39-28/h4-6,11-12,14-16,18,36H,7-10,13H2,1-2H3/t15-,16?,18?,29?/m0/s1. The molecule has 3 unspecified atom stereocenters. The van der Waals surface area contributed by atoms with E-state index < -0.39 is 11.4 Å². The maximum absolute atomic E-state index is 14.6. The van der Waals surface area contributed by atoms with Gasteiger partial charge in [0, 0.05) is 21.7 Å². The monoisotopic (exact) mass is 585 g/mol. The highest BCUT2D eigenvalue weighted by Crippen LogP contribution is 2.57. The van der Waals surface area contributed by atoms with Gasteiger partial charge in [-0.1, -0.05) is 48.3 Å². The highest BCUT2D eigenvalue weighted by molar-refractivity contribution is 7.18. The molecule has 0 saturated heterocycles. The molecule has 4 atom stereocenters. The van der Waals surface area contributed by atoms with E-state index in [-0.39, 0.29) is 41.7 Å². The zero-order chi connectivity index (χ0) is 27.5. The first kappa shape index (κ1) is 26.7. The molecule has 39 heavy (non-hydrogen) atoms. The SMILES string of the molecule is [C-]#[N+]c1cc(F)c2nc(C3(O)C4CC[C@H]3CC(OCc3c(-c5c(Cl)cccc5Cl)noc3C(C)C)C4)sc2c1. The maximum Gasteiger partial charge on any atom is 0.191 e. The lowest BCUT2D eigenvalue weighted by Crippen LogP contribution is -2.44. The van der Waals surface area contributed by atoms with Gasteiger partial charge in [-0.15, -0.1) is 11.3 Å². The van der Waals surface area contributed by atoms with Gasteiger partial charge in [0.25, 0.3) is 0 Å². The van der Waals surface area contributed by atoms with Crippen LogP contribution in [0.25, 0.3) is 26.3 Å². The number of hydrogen-bond donors (Lipinski definition) is 1. The van der Waals surface area contributed by atoms with Gasteiger partial charge in [-0.3, -0.25) is 0 Å². The van der Waals surface area contributed by atoms with Crippen molar-refractivity contribution in [3.8, 4) is 11.3 Å². The van der Waals surface area contributed by atoms with E-state index in [0.717, 1.165) is 24.2 Å². The second kappa shape index (κ2) is 10.1. The van der Waals surface area contributed by atoms with Crippen molar-refractivity contribution in [3.63, 3.8) is 0 Å². The molecular weight excluding hydrogens is 560 g/mol. The van der Waals surface area contributed by atoms with Crippen LogP contribution in [-0.4, -0.2) is 21.4 Å². The normalized spacial score (nSPS) is 24.5. The van der Waals surface area contributed by atoms with Crippen LogP contribution in [0.3, 0.4) is 0 Å². The number of nitrogens with zero attached hydrogens (tertiary/aromatic N) is 3. The van der Waals surface area contributed by atoms with Gasteiger partial charge in [-0.2, -0.15) is 0 Å². The van der Waals surface area contributed by atoms with Gasteiger partial charge in [0.1, 0.15) is 33.4 Å². The summed E-state index contributed by atoms with van der Waals surface area (Å²) in [7, 11) is 0. The Hall–Kier alpha value is -2.54. The van der Waals surface area contributed by atoms with Crippen LogP contribution in [0.2, 0.25) is 10.0 Å². The average molecular weight is 587 g/mol. The third-order valence-corrected chi connectivity index (χ3v) is 9.89. The number of aliphatic hydroxyl groups is 1. The van der Waals surface area contributed by atoms with E-state index in [4.69, 9.17) is 39.0 Å². The van der Waals surface area contributed by atoms with Crippen molar-refractivity contribution in [2.75, 3.05) is 0 Å². The Kier molecular flexibility index (Phi) is 6.93. The minimum absolute atomic E-state index is 0.0604. The number of fused-ring (bicyclic) bond motifs is 3. The summed E-state index contributed by atoms with van der Waals surface area (Å²) in [5.41, 5.74) is 1.34. The van der Waals surface area contributed by atoms with Crippen LogP contribution < -0.4 is 0 Å². The van der Waals surface area contributed by atoms with E-state index >= 15 is 0 Å². The molecule has 0 amide bonds. The zero-order valence-corrected chi connectivity index (χ0v) is 23.7. The molecule has 0 spiro atoms. The second-order valence-corrected chi connectivity index (χ2v) is 12.6. The fourth-order valence-electron chi connectivity index (χ4n) is 6.23. The first-order valence-corrected chi connectivity index (χ1v) is 14.5. The van der Waals surface area contributed by atoms with Crippen LogP contribution in [0.5, 0.6) is 0 Å². The summed E-state index contributed by atoms with van der Waals surface area (Å²) in [5, 5.41) is 17.8. The molecule has 6 rings (SSSR count). The molecule has 202 valence electrons. The number of ether oxygens (including phenoxy) is 1. The Morgan fingerprint density at radius 1 is 1.23 bits per heavy atom. The Morgan fingerprint density at radius 3 is 2.56 bits per heavy atom. The van der Waals surface area contributed by atoms with Crippen LogP contribution in [-0.2, 0) is 16.9 Å². The third kappa shape index (κ3) is 4.45. The number of aromatic nitrogens is 2. The van der Waals surface area contributed by atoms with E-state index in [1.54, 1.807) is 24.3 Å². The molecule has 2 heterocycles. The number of thiazole rings is 1. The van der Waals surface area contributed by atoms with Crippen LogP contribution in [0.15, 0.2) is 34.9 Å². The Labute approximate surface area is 239 Å². The van der Waals surface area contributed by atoms with Gasteiger partial charge in [0.05, 0.1) is 29.3 Å². The quantitative estimate of drug-likeness (QED) is 0.229. The van der Waals surface area contributed by atoms with Crippen molar-refractivity contribution < 1.29 is 18.8 Å². The summed E-state index contributed by atoms with van der Waals surface area (Å²) in [6, 6.07) is 8.17. The molecule has 10 heteroatoms. The van der Waals surface area contributed by atoms with Gasteiger partial charge >= 0.3 is 0 Å². The molecular formula is C29H26Cl2FN3O3S. The first-order valence-electron chi connectivity index (χ1n) is 13.0. The van der Waals surface area contributed by atoms with Crippen molar-refractivity contribution in [2.24, 2.45) is 11.8 Å². The summed E-state index contributed by atoms with van der Waals surface area (Å²) in [6.07, 6.45) is 2.93. The van der Waals surface area contributed by atoms with Crippen molar-refractivity contribution in [3.05, 3.63) is 73.9 Å². The van der Waals surface area contributed by atoms with Crippen molar-refractivity contribution in [2.45, 2.75) is 63.8 Å². The number of benzene rings is 2. The maximum atomic E-state index is 14.6. The van der Waals surface area contributed by atoms with Crippen LogP contribution in [0.4, 0.5) is 10.1 Å². The molecule has 2 bridgehead atoms. The molecule has 0 aliphatic heterocycles. The Morgan fingerprint density at radius 2 is 1.92 bits per heavy atom. The summed E-state index contributed by atoms with van der Waals surface area (Å²) >= 11 is 14.3. The highest BCUT2D eigenvalue weighted by atomic mass is 35.5. The first-order chi connectivity index (χ1) is 18.7. The molecule has 2 aromatic carbocycles. The average Bonchev–Trinajstić information content (AvgIpc) is 3.55. The van der Waals surface area contributed by atoms with Gasteiger partial charge in [0.2, 0.25) is 0 Å². The second-order valence-electron chi connectivity index (χ2n) is 10.7. The van der Waals surface area contributed by atoms with E-state index in [1.807, 2.05) is 13.8 Å². The molecule has 0 radical (unpaired) electrons. The summed E-state index contributed by atoms with van der Waals surface area (Å²) in [5.74, 6) is 0.163. The lowest BCUT2D eigenvalue weighted by molar-refractivity contribution is -0.116. The molecule has 2 fully saturated rings. The predicted molar refractivity (Wildman–Crippen MR) is 150 cm³/mol. The number of hydrogen-bond acceptors (Lipinski definition) is 6. The summed E-state index contributed by atoms with van der Waals surface area (Å²) in [4.78, 5) is 7.88. The van der Waals surface area contributed by atoms with Gasteiger partial charge in [0.15, 0.2) is 5.69 Å². The molecule has 2 aliphatic rings. The zero-order valence-electron chi connectivity index (χ0n) is 21.4. The highest BCUT2D eigenvalue weighted by Gasteiger charge is 2.56. The lowest BCUT2D eigenvalue weighted by atomic mass is 9.73. The third-order valence-electron chi connectivity index (χ3n) is 8.11. The number of halogens is 3. The van der Waals surface area contributed by atoms with Crippen LogP contribution in [0, 0.1) is 24.2 Å². The summed E-state index contributed by atoms with van der Waals surface area (Å²) < 4.78 is 27.4. The van der Waals surface area contributed by atoms with Crippen molar-refractivity contribution in [1.82, 2.24) is 10.1 Å². The number of rotatable bonds is 6. The van der Waals surface area contributed by atoms with Gasteiger partial charge in [-0.05, 0) is 61.8 Å². The molecule has 2 aliphatic carbocycles. The van der Waals surface area contributed by atoms with Crippen molar-refractivity contribution >= 4 is 50.4 Å². The van der Waals surface area contributed by atoms with E-state index in [1.165, 1.54) is 17.4 Å². The molecule has 2 saturated carbocycles. The summed E-state index contributed by atoms with van der Waals surface area (Å²) in [6.45, 7) is 11.6. The largest absolute Gasteiger partial charge is 0.382 e. The Balaban J connectivity index is 1.25. The van der Waals surface area contributed by atoms with Gasteiger partial charge < -0.3 is 14.4 Å². The molecule has 4 aromatic rings. The molecule has 6 nitrogen and oxygen atoms in total. The molecule has 2 aromatic heterocycles. The minimum atomic E-state index is -1.13. The lowest BCUT2D eigenvalue weighted by Gasteiger charge is -2.41. The fraction of sp³-hybridized carbons (Fsp3) is 0.414. The Bertz CT molecular complexity index is 1580. The van der Waals surface area contributed by atoms with E-state index in [2.05, 4.69) is 15.0 Å². The van der Waals surface area contributed by atoms with Gasteiger partial charge in [-0.25, -0.2) is 14.2 Å².